The highest BCUT2D eigenvalue weighted by atomic mass is 19.3. The van der Waals surface area contributed by atoms with Crippen LogP contribution in [0.15, 0.2) is 61.1 Å². The first-order chi connectivity index (χ1) is 22.9. The van der Waals surface area contributed by atoms with Crippen molar-refractivity contribution in [1.29, 1.82) is 0 Å². The maximum Gasteiger partial charge on any atom is 0.407 e. The summed E-state index contributed by atoms with van der Waals surface area (Å²) in [6, 6.07) is 11.5. The van der Waals surface area contributed by atoms with Crippen molar-refractivity contribution in [1.82, 2.24) is 34.8 Å². The smallest absolute Gasteiger partial charge is 0.407 e. The molecular weight excluding hydrogens is 626 g/mol. The van der Waals surface area contributed by atoms with Gasteiger partial charge in [-0.3, -0.25) is 9.20 Å². The molecule has 0 unspecified atom stereocenters. The molecule has 0 saturated carbocycles. The normalized spacial score (nSPS) is 13.4. The maximum atomic E-state index is 13.4. The molecule has 0 atom stereocenters. The predicted molar refractivity (Wildman–Crippen MR) is 175 cm³/mol. The fraction of sp³-hybridized carbons (Fsp3) is 0.364. The molecule has 254 valence electrons. The Kier molecular flexibility index (Phi) is 10.3. The van der Waals surface area contributed by atoms with Crippen LogP contribution in [-0.4, -0.2) is 93.7 Å². The average Bonchev–Trinajstić information content (AvgIpc) is 3.47. The number of rotatable bonds is 9. The quantitative estimate of drug-likeness (QED) is 0.211. The molecule has 0 aliphatic carbocycles. The number of piperazine rings is 1. The summed E-state index contributed by atoms with van der Waals surface area (Å²) in [4.78, 5) is 50.1. The lowest BCUT2D eigenvalue weighted by atomic mass is 10.1. The van der Waals surface area contributed by atoms with E-state index in [-0.39, 0.29) is 30.8 Å². The van der Waals surface area contributed by atoms with Crippen LogP contribution in [0.1, 0.15) is 36.7 Å². The van der Waals surface area contributed by atoms with Crippen molar-refractivity contribution in [3.8, 4) is 17.0 Å². The van der Waals surface area contributed by atoms with Crippen LogP contribution in [0.4, 0.5) is 29.9 Å². The highest BCUT2D eigenvalue weighted by Gasteiger charge is 2.26. The van der Waals surface area contributed by atoms with E-state index in [1.165, 1.54) is 12.1 Å². The summed E-state index contributed by atoms with van der Waals surface area (Å²) in [5, 5.41) is 8.66. The van der Waals surface area contributed by atoms with Gasteiger partial charge in [0.25, 0.3) is 5.91 Å². The van der Waals surface area contributed by atoms with Crippen LogP contribution >= 0.6 is 0 Å². The van der Waals surface area contributed by atoms with E-state index in [4.69, 9.17) is 4.74 Å². The van der Waals surface area contributed by atoms with Gasteiger partial charge in [-0.05, 0) is 75.7 Å². The minimum atomic E-state index is -2.90. The summed E-state index contributed by atoms with van der Waals surface area (Å²) < 4.78 is 36.5. The van der Waals surface area contributed by atoms with Crippen LogP contribution in [0.5, 0.6) is 5.75 Å². The molecule has 2 aromatic heterocycles. The topological polar surface area (TPSA) is 142 Å². The number of aromatic nitrogens is 3. The molecule has 48 heavy (non-hydrogen) atoms. The maximum absolute atomic E-state index is 13.4. The lowest BCUT2D eigenvalue weighted by Crippen LogP contribution is -2.53. The van der Waals surface area contributed by atoms with Crippen molar-refractivity contribution < 1.29 is 32.6 Å². The van der Waals surface area contributed by atoms with E-state index in [9.17, 15) is 23.2 Å². The molecular formula is C33H38F2N8O5. The number of halogens is 2. The minimum absolute atomic E-state index is 0.0664. The van der Waals surface area contributed by atoms with Crippen molar-refractivity contribution in [2.75, 3.05) is 44.6 Å². The summed E-state index contributed by atoms with van der Waals surface area (Å²) in [6.45, 7) is 6.30. The lowest BCUT2D eigenvalue weighted by molar-refractivity contribution is -0.0498. The van der Waals surface area contributed by atoms with E-state index < -0.39 is 18.3 Å². The fourth-order valence-corrected chi connectivity index (χ4v) is 5.19. The molecule has 3 heterocycles. The van der Waals surface area contributed by atoms with Gasteiger partial charge in [0.2, 0.25) is 0 Å². The number of carbonyl (C=O) groups is 3. The highest BCUT2D eigenvalue weighted by molar-refractivity contribution is 5.96. The van der Waals surface area contributed by atoms with Gasteiger partial charge in [-0.25, -0.2) is 19.6 Å². The van der Waals surface area contributed by atoms with Crippen LogP contribution in [0.25, 0.3) is 16.9 Å². The SMILES string of the molecule is Cc1cc(Nc2nccn3c(-c4ccc(OC(F)F)cc4)cnc23)ccc1C(=O)N1CCN(C(=O)NCCNC(=O)OC(C)(C)C)CC1. The molecule has 3 N–H and O–H groups in total. The Morgan fingerprint density at radius 2 is 1.62 bits per heavy atom. The second-order valence-corrected chi connectivity index (χ2v) is 12.1. The Balaban J connectivity index is 1.15. The van der Waals surface area contributed by atoms with Gasteiger partial charge in [0.05, 0.1) is 11.9 Å². The van der Waals surface area contributed by atoms with Gasteiger partial charge in [-0.1, -0.05) is 0 Å². The standard InChI is InChI=1S/C33H38F2N8O5/c1-21-19-23(40-27-28-39-20-26(43(28)14-13-36-27)22-5-8-24(9-6-22)47-30(34)35)7-10-25(21)29(44)41-15-17-42(18-16-41)31(45)37-11-12-38-32(46)48-33(2,3)4/h5-10,13-14,19-20,30H,11-12,15-18H2,1-4H3,(H,36,40)(H,37,45)(H,38,46). The van der Waals surface area contributed by atoms with Gasteiger partial charge in [-0.2, -0.15) is 8.78 Å². The van der Waals surface area contributed by atoms with Crippen molar-refractivity contribution >= 4 is 35.2 Å². The van der Waals surface area contributed by atoms with Gasteiger partial charge < -0.3 is 35.2 Å². The second-order valence-electron chi connectivity index (χ2n) is 12.1. The largest absolute Gasteiger partial charge is 0.444 e. The van der Waals surface area contributed by atoms with Crippen LogP contribution in [-0.2, 0) is 4.74 Å². The van der Waals surface area contributed by atoms with E-state index in [0.717, 1.165) is 16.8 Å². The van der Waals surface area contributed by atoms with Gasteiger partial charge in [0.15, 0.2) is 11.5 Å². The molecule has 4 amide bonds. The molecule has 4 aromatic rings. The molecule has 1 saturated heterocycles. The van der Waals surface area contributed by atoms with Crippen LogP contribution in [0.2, 0.25) is 0 Å². The number of fused-ring (bicyclic) bond motifs is 1. The zero-order valence-electron chi connectivity index (χ0n) is 27.1. The summed E-state index contributed by atoms with van der Waals surface area (Å²) in [6.07, 6.45) is 4.51. The fourth-order valence-electron chi connectivity index (χ4n) is 5.19. The molecule has 5 rings (SSSR count). The highest BCUT2D eigenvalue weighted by Crippen LogP contribution is 2.28. The third kappa shape index (κ3) is 8.46. The number of hydrogen-bond donors (Lipinski definition) is 3. The number of urea groups is 1. The number of ether oxygens (including phenoxy) is 2. The van der Waals surface area contributed by atoms with Crippen LogP contribution in [0.3, 0.4) is 0 Å². The van der Waals surface area contributed by atoms with Gasteiger partial charge in [0, 0.05) is 68.5 Å². The van der Waals surface area contributed by atoms with Crippen LogP contribution in [0, 0.1) is 6.92 Å². The van der Waals surface area contributed by atoms with Crippen molar-refractivity contribution in [2.45, 2.75) is 39.9 Å². The molecule has 0 spiro atoms. The van der Waals surface area contributed by atoms with E-state index in [1.54, 1.807) is 73.4 Å². The minimum Gasteiger partial charge on any atom is -0.444 e. The van der Waals surface area contributed by atoms with Crippen molar-refractivity contribution in [3.63, 3.8) is 0 Å². The number of nitrogens with zero attached hydrogens (tertiary/aromatic N) is 5. The number of hydrogen-bond acceptors (Lipinski definition) is 8. The number of aryl methyl sites for hydroxylation is 1. The Hall–Kier alpha value is -5.47. The van der Waals surface area contributed by atoms with Crippen molar-refractivity contribution in [3.05, 3.63) is 72.2 Å². The number of amides is 4. The molecule has 1 aliphatic rings. The number of anilines is 2. The zero-order chi connectivity index (χ0) is 34.4. The number of imidazole rings is 1. The number of carbonyl (C=O) groups excluding carboxylic acids is 3. The monoisotopic (exact) mass is 664 g/mol. The van der Waals surface area contributed by atoms with Gasteiger partial charge in [-0.15, -0.1) is 0 Å². The second kappa shape index (κ2) is 14.5. The van der Waals surface area contributed by atoms with E-state index in [2.05, 4.69) is 30.7 Å². The molecule has 0 bridgehead atoms. The zero-order valence-corrected chi connectivity index (χ0v) is 27.1. The number of alkyl halides is 2. The first kappa shape index (κ1) is 33.9. The Bertz CT molecular complexity index is 1770. The summed E-state index contributed by atoms with van der Waals surface area (Å²) >= 11 is 0. The molecule has 1 aliphatic heterocycles. The third-order valence-corrected chi connectivity index (χ3v) is 7.45. The number of benzene rings is 2. The molecule has 0 radical (unpaired) electrons. The molecule has 2 aromatic carbocycles. The first-order valence-electron chi connectivity index (χ1n) is 15.4. The van der Waals surface area contributed by atoms with Crippen LogP contribution < -0.4 is 20.7 Å². The predicted octanol–water partition coefficient (Wildman–Crippen LogP) is 5.04. The van der Waals surface area contributed by atoms with E-state index in [0.29, 0.717) is 48.9 Å². The van der Waals surface area contributed by atoms with Gasteiger partial charge in [0.1, 0.15) is 11.4 Å². The molecule has 13 nitrogen and oxygen atoms in total. The molecule has 15 heteroatoms. The third-order valence-electron chi connectivity index (χ3n) is 7.45. The summed E-state index contributed by atoms with van der Waals surface area (Å²) in [5.41, 5.74) is 3.49. The lowest BCUT2D eigenvalue weighted by Gasteiger charge is -2.35. The van der Waals surface area contributed by atoms with Crippen molar-refractivity contribution in [2.24, 2.45) is 0 Å². The summed E-state index contributed by atoms with van der Waals surface area (Å²) in [7, 11) is 0. The first-order valence-corrected chi connectivity index (χ1v) is 15.4. The van der Waals surface area contributed by atoms with E-state index >= 15 is 0 Å². The van der Waals surface area contributed by atoms with E-state index in [1.807, 2.05) is 17.4 Å². The summed E-state index contributed by atoms with van der Waals surface area (Å²) in [5.74, 6) is 0.440. The Morgan fingerprint density at radius 1 is 0.938 bits per heavy atom. The molecule has 1 fully saturated rings. The Labute approximate surface area is 276 Å². The van der Waals surface area contributed by atoms with Gasteiger partial charge >= 0.3 is 18.7 Å². The number of nitrogens with one attached hydrogen (secondary N) is 3. The Morgan fingerprint density at radius 3 is 2.29 bits per heavy atom. The average molecular weight is 665 g/mol. The number of alkyl carbamates (subject to hydrolysis) is 1.